The third kappa shape index (κ3) is 2.35. The fraction of sp³-hybridized carbons (Fsp3) is 0.571. The smallest absolute Gasteiger partial charge is 0.0693 e. The van der Waals surface area contributed by atoms with Crippen molar-refractivity contribution in [1.29, 1.82) is 0 Å². The highest BCUT2D eigenvalue weighted by atomic mass is 28.3. The molecule has 0 aliphatic heterocycles. The number of hydrogen-bond donors (Lipinski definition) is 0. The molecule has 1 rings (SSSR count). The standard InChI is InChI=1S/C7H14N2Si/c1-10(2,3)7-9-6-4-5-8-9/h4-6H,7H2,1-3H3. The molecule has 1 heterocycles. The molecule has 0 atom stereocenters. The normalized spacial score (nSPS) is 11.9. The van der Waals surface area contributed by atoms with E-state index in [-0.39, 0.29) is 0 Å². The zero-order chi connectivity index (χ0) is 7.61. The van der Waals surface area contributed by atoms with Crippen LogP contribution in [0.1, 0.15) is 0 Å². The second kappa shape index (κ2) is 2.58. The largest absolute Gasteiger partial charge is 0.276 e. The van der Waals surface area contributed by atoms with Crippen molar-refractivity contribution in [1.82, 2.24) is 9.78 Å². The lowest BCUT2D eigenvalue weighted by Gasteiger charge is -2.14. The van der Waals surface area contributed by atoms with Crippen molar-refractivity contribution in [3.63, 3.8) is 0 Å². The molecule has 3 heteroatoms. The van der Waals surface area contributed by atoms with Crippen molar-refractivity contribution in [3.8, 4) is 0 Å². The lowest BCUT2D eigenvalue weighted by atomic mass is 10.8. The Morgan fingerprint density at radius 2 is 2.10 bits per heavy atom. The summed E-state index contributed by atoms with van der Waals surface area (Å²) < 4.78 is 2.02. The molecule has 1 aromatic heterocycles. The summed E-state index contributed by atoms with van der Waals surface area (Å²) in [4.78, 5) is 0. The van der Waals surface area contributed by atoms with E-state index in [0.717, 1.165) is 6.17 Å². The molecule has 0 fully saturated rings. The summed E-state index contributed by atoms with van der Waals surface area (Å²) in [5.41, 5.74) is 0. The van der Waals surface area contributed by atoms with Crippen LogP contribution in [-0.4, -0.2) is 17.9 Å². The molecule has 0 radical (unpaired) electrons. The monoisotopic (exact) mass is 154 g/mol. The molecule has 0 spiro atoms. The van der Waals surface area contributed by atoms with E-state index in [1.807, 2.05) is 23.1 Å². The molecule has 0 aliphatic carbocycles. The van der Waals surface area contributed by atoms with Crippen molar-refractivity contribution < 1.29 is 0 Å². The van der Waals surface area contributed by atoms with E-state index in [0.29, 0.717) is 0 Å². The van der Waals surface area contributed by atoms with Crippen LogP contribution in [0.3, 0.4) is 0 Å². The Morgan fingerprint density at radius 3 is 2.50 bits per heavy atom. The SMILES string of the molecule is C[Si](C)(C)Cn1cccn1. The van der Waals surface area contributed by atoms with Gasteiger partial charge in [-0.15, -0.1) is 0 Å². The van der Waals surface area contributed by atoms with E-state index in [2.05, 4.69) is 24.7 Å². The predicted octanol–water partition coefficient (Wildman–Crippen LogP) is 1.76. The molecule has 0 bridgehead atoms. The molecule has 10 heavy (non-hydrogen) atoms. The number of aromatic nitrogens is 2. The van der Waals surface area contributed by atoms with Gasteiger partial charge in [-0.05, 0) is 6.07 Å². The van der Waals surface area contributed by atoms with Gasteiger partial charge in [0.1, 0.15) is 0 Å². The Hall–Kier alpha value is -0.573. The molecule has 0 aliphatic rings. The van der Waals surface area contributed by atoms with Gasteiger partial charge in [0.25, 0.3) is 0 Å². The Bertz CT molecular complexity index is 186. The summed E-state index contributed by atoms with van der Waals surface area (Å²) in [7, 11) is -0.961. The minimum Gasteiger partial charge on any atom is -0.276 e. The molecule has 2 nitrogen and oxygen atoms in total. The van der Waals surface area contributed by atoms with E-state index in [4.69, 9.17) is 0 Å². The molecular weight excluding hydrogens is 140 g/mol. The van der Waals surface area contributed by atoms with E-state index < -0.39 is 8.07 Å². The van der Waals surface area contributed by atoms with Gasteiger partial charge < -0.3 is 0 Å². The van der Waals surface area contributed by atoms with Gasteiger partial charge >= 0.3 is 0 Å². The topological polar surface area (TPSA) is 17.8 Å². The van der Waals surface area contributed by atoms with Crippen molar-refractivity contribution in [2.45, 2.75) is 25.8 Å². The van der Waals surface area contributed by atoms with E-state index in [1.165, 1.54) is 0 Å². The number of rotatable bonds is 2. The summed E-state index contributed by atoms with van der Waals surface area (Å²) in [5, 5.41) is 4.15. The van der Waals surface area contributed by atoms with E-state index >= 15 is 0 Å². The average Bonchev–Trinajstić information content (AvgIpc) is 2.12. The minimum atomic E-state index is -0.961. The lowest BCUT2D eigenvalue weighted by molar-refractivity contribution is 0.725. The molecule has 0 N–H and O–H groups in total. The third-order valence-electron chi connectivity index (χ3n) is 1.20. The van der Waals surface area contributed by atoms with Crippen molar-refractivity contribution in [2.75, 3.05) is 0 Å². The Labute approximate surface area is 62.9 Å². The molecule has 1 aromatic rings. The van der Waals surface area contributed by atoms with Crippen LogP contribution in [0.25, 0.3) is 0 Å². The van der Waals surface area contributed by atoms with Gasteiger partial charge in [-0.25, -0.2) is 0 Å². The summed E-state index contributed by atoms with van der Waals surface area (Å²) in [6, 6.07) is 1.97. The lowest BCUT2D eigenvalue weighted by Crippen LogP contribution is -2.28. The van der Waals surface area contributed by atoms with Crippen LogP contribution in [0.4, 0.5) is 0 Å². The van der Waals surface area contributed by atoms with Gasteiger partial charge in [-0.3, -0.25) is 4.68 Å². The Morgan fingerprint density at radius 1 is 1.40 bits per heavy atom. The first-order chi connectivity index (χ1) is 4.58. The summed E-state index contributed by atoms with van der Waals surface area (Å²) in [5.74, 6) is 0. The average molecular weight is 154 g/mol. The highest BCUT2D eigenvalue weighted by Crippen LogP contribution is 2.02. The molecule has 0 amide bonds. The van der Waals surface area contributed by atoms with Crippen molar-refractivity contribution in [2.24, 2.45) is 0 Å². The fourth-order valence-corrected chi connectivity index (χ4v) is 2.04. The second-order valence-electron chi connectivity index (χ2n) is 3.76. The van der Waals surface area contributed by atoms with Gasteiger partial charge in [0.05, 0.1) is 8.07 Å². The van der Waals surface area contributed by atoms with Crippen molar-refractivity contribution >= 4 is 8.07 Å². The molecule has 0 aromatic carbocycles. The molecule has 56 valence electrons. The predicted molar refractivity (Wildman–Crippen MR) is 45.6 cm³/mol. The van der Waals surface area contributed by atoms with Gasteiger partial charge in [0.2, 0.25) is 0 Å². The number of nitrogens with zero attached hydrogens (tertiary/aromatic N) is 2. The van der Waals surface area contributed by atoms with Crippen LogP contribution in [0.2, 0.25) is 19.6 Å². The first-order valence-electron chi connectivity index (χ1n) is 3.55. The highest BCUT2D eigenvalue weighted by Gasteiger charge is 2.13. The molecule has 0 saturated heterocycles. The second-order valence-corrected chi connectivity index (χ2v) is 9.20. The van der Waals surface area contributed by atoms with Crippen LogP contribution in [0, 0.1) is 0 Å². The summed E-state index contributed by atoms with van der Waals surface area (Å²) in [6.45, 7) is 7.03. The maximum atomic E-state index is 4.15. The summed E-state index contributed by atoms with van der Waals surface area (Å²) >= 11 is 0. The minimum absolute atomic E-state index is 0.961. The van der Waals surface area contributed by atoms with Gasteiger partial charge in [-0.2, -0.15) is 5.10 Å². The molecule has 0 saturated carbocycles. The van der Waals surface area contributed by atoms with Crippen LogP contribution < -0.4 is 0 Å². The zero-order valence-corrected chi connectivity index (χ0v) is 7.83. The van der Waals surface area contributed by atoms with E-state index in [9.17, 15) is 0 Å². The molecular formula is C7H14N2Si. The number of hydrogen-bond acceptors (Lipinski definition) is 1. The van der Waals surface area contributed by atoms with Gasteiger partial charge in [0.15, 0.2) is 0 Å². The first-order valence-corrected chi connectivity index (χ1v) is 7.26. The zero-order valence-electron chi connectivity index (χ0n) is 6.83. The maximum absolute atomic E-state index is 4.15. The summed E-state index contributed by atoms with van der Waals surface area (Å²) in [6.07, 6.45) is 4.98. The molecule has 0 unspecified atom stereocenters. The van der Waals surface area contributed by atoms with E-state index in [1.54, 1.807) is 0 Å². The Kier molecular flexibility index (Phi) is 1.94. The van der Waals surface area contributed by atoms with Crippen molar-refractivity contribution in [3.05, 3.63) is 18.5 Å². The Balaban J connectivity index is 2.57. The third-order valence-corrected chi connectivity index (χ3v) is 2.47. The van der Waals surface area contributed by atoms with Gasteiger partial charge in [-0.1, -0.05) is 19.6 Å². The van der Waals surface area contributed by atoms with Crippen LogP contribution in [0.15, 0.2) is 18.5 Å². The fourth-order valence-electron chi connectivity index (χ4n) is 0.880. The maximum Gasteiger partial charge on any atom is 0.0693 e. The quantitative estimate of drug-likeness (QED) is 0.594. The van der Waals surface area contributed by atoms with Crippen LogP contribution in [0.5, 0.6) is 0 Å². The highest BCUT2D eigenvalue weighted by molar-refractivity contribution is 6.74. The van der Waals surface area contributed by atoms with Crippen LogP contribution in [-0.2, 0) is 6.17 Å². The first kappa shape index (κ1) is 7.53. The van der Waals surface area contributed by atoms with Gasteiger partial charge in [0, 0.05) is 18.6 Å². The van der Waals surface area contributed by atoms with Crippen LogP contribution >= 0.6 is 0 Å².